The van der Waals surface area contributed by atoms with Crippen molar-refractivity contribution in [3.05, 3.63) is 21.9 Å². The van der Waals surface area contributed by atoms with Crippen LogP contribution in [-0.2, 0) is 0 Å². The molecule has 2 heterocycles. The molecule has 0 aliphatic carbocycles. The van der Waals surface area contributed by atoms with E-state index >= 15 is 0 Å². The lowest BCUT2D eigenvalue weighted by Crippen LogP contribution is -1.83. The highest BCUT2D eigenvalue weighted by atomic mass is 32.2. The lowest BCUT2D eigenvalue weighted by atomic mass is 10.3. The van der Waals surface area contributed by atoms with E-state index in [-0.39, 0.29) is 5.78 Å². The van der Waals surface area contributed by atoms with Gasteiger partial charge in [-0.15, -0.1) is 22.7 Å². The summed E-state index contributed by atoms with van der Waals surface area (Å²) < 4.78 is 1.05. The Morgan fingerprint density at radius 3 is 2.69 bits per heavy atom. The van der Waals surface area contributed by atoms with Gasteiger partial charge in [0.2, 0.25) is 0 Å². The molecule has 0 aromatic carbocycles. The van der Waals surface area contributed by atoms with Crippen LogP contribution in [0.5, 0.6) is 0 Å². The first-order valence-corrected chi connectivity index (χ1v) is 5.33. The van der Waals surface area contributed by atoms with Gasteiger partial charge < -0.3 is 0 Å². The molecule has 0 saturated heterocycles. The molecule has 2 aromatic rings. The number of fused-ring (bicyclic) bond motifs is 1. The molecule has 2 nitrogen and oxygen atoms in total. The van der Waals surface area contributed by atoms with Gasteiger partial charge in [0, 0.05) is 5.39 Å². The molecule has 4 heteroatoms. The molecule has 2 aromatic heterocycles. The van der Waals surface area contributed by atoms with Crippen molar-refractivity contribution in [2.24, 2.45) is 0 Å². The standard InChI is InChI=1S/C9H6O2S2/c1-5(11)8-3-6-2-7(4-10)12-9(6)13-8/h2-4H,1H3. The summed E-state index contributed by atoms with van der Waals surface area (Å²) in [6.45, 7) is 1.55. The molecule has 0 unspecified atom stereocenters. The fourth-order valence-electron chi connectivity index (χ4n) is 1.09. The minimum Gasteiger partial charge on any atom is -0.297 e. The molecule has 0 fully saturated rings. The maximum absolute atomic E-state index is 11.0. The van der Waals surface area contributed by atoms with E-state index in [9.17, 15) is 9.59 Å². The number of carbonyl (C=O) groups excluding carboxylic acids is 2. The summed E-state index contributed by atoms with van der Waals surface area (Å²) >= 11 is 2.89. The number of aldehydes is 1. The molecule has 0 aliphatic rings. The van der Waals surface area contributed by atoms with Crippen LogP contribution in [0.25, 0.3) is 9.40 Å². The van der Waals surface area contributed by atoms with Crippen molar-refractivity contribution < 1.29 is 9.59 Å². The molecular weight excluding hydrogens is 204 g/mol. The van der Waals surface area contributed by atoms with Crippen molar-refractivity contribution in [3.8, 4) is 0 Å². The van der Waals surface area contributed by atoms with Crippen LogP contribution in [-0.4, -0.2) is 12.1 Å². The van der Waals surface area contributed by atoms with E-state index in [2.05, 4.69) is 0 Å². The third-order valence-corrected chi connectivity index (χ3v) is 4.11. The van der Waals surface area contributed by atoms with Crippen molar-refractivity contribution in [3.63, 3.8) is 0 Å². The Bertz CT molecular complexity index is 447. The predicted molar refractivity (Wildman–Crippen MR) is 55.1 cm³/mol. The average molecular weight is 210 g/mol. The third kappa shape index (κ3) is 1.43. The van der Waals surface area contributed by atoms with Crippen LogP contribution >= 0.6 is 22.7 Å². The van der Waals surface area contributed by atoms with Gasteiger partial charge in [0.1, 0.15) is 0 Å². The van der Waals surface area contributed by atoms with Gasteiger partial charge in [-0.1, -0.05) is 0 Å². The van der Waals surface area contributed by atoms with Crippen LogP contribution in [0.15, 0.2) is 12.1 Å². The summed E-state index contributed by atoms with van der Waals surface area (Å²) in [6, 6.07) is 3.65. The SMILES string of the molecule is CC(=O)c1cc2cc(C=O)sc2s1. The van der Waals surface area contributed by atoms with E-state index in [4.69, 9.17) is 0 Å². The molecular formula is C9H6O2S2. The summed E-state index contributed by atoms with van der Waals surface area (Å²) in [5, 5.41) is 1.00. The first kappa shape index (κ1) is 8.59. The van der Waals surface area contributed by atoms with Crippen molar-refractivity contribution in [1.82, 2.24) is 0 Å². The Balaban J connectivity index is 2.60. The highest BCUT2D eigenvalue weighted by Gasteiger charge is 2.08. The first-order valence-electron chi connectivity index (χ1n) is 3.70. The van der Waals surface area contributed by atoms with E-state index in [1.165, 1.54) is 22.7 Å². The molecule has 0 saturated carbocycles. The van der Waals surface area contributed by atoms with Crippen molar-refractivity contribution in [1.29, 1.82) is 0 Å². The second kappa shape index (κ2) is 3.05. The number of thiophene rings is 2. The Kier molecular flexibility index (Phi) is 2.01. The summed E-state index contributed by atoms with van der Waals surface area (Å²) in [6.07, 6.45) is 0.838. The molecule has 0 aliphatic heterocycles. The largest absolute Gasteiger partial charge is 0.297 e. The number of rotatable bonds is 2. The quantitative estimate of drug-likeness (QED) is 0.564. The number of hydrogen-bond acceptors (Lipinski definition) is 4. The number of ketones is 1. The maximum Gasteiger partial charge on any atom is 0.169 e. The molecule has 0 atom stereocenters. The molecule has 0 spiro atoms. The predicted octanol–water partition coefficient (Wildman–Crippen LogP) is 2.98. The number of carbonyl (C=O) groups is 2. The first-order chi connectivity index (χ1) is 6.20. The van der Waals surface area contributed by atoms with Crippen molar-refractivity contribution in [2.75, 3.05) is 0 Å². The second-order valence-electron chi connectivity index (χ2n) is 2.68. The molecule has 0 radical (unpaired) electrons. The van der Waals surface area contributed by atoms with Crippen LogP contribution in [0.2, 0.25) is 0 Å². The van der Waals surface area contributed by atoms with Gasteiger partial charge >= 0.3 is 0 Å². The minimum atomic E-state index is 0.0843. The molecule has 2 rings (SSSR count). The fraction of sp³-hybridized carbons (Fsp3) is 0.111. The minimum absolute atomic E-state index is 0.0843. The van der Waals surface area contributed by atoms with Gasteiger partial charge in [0.15, 0.2) is 12.1 Å². The highest BCUT2D eigenvalue weighted by molar-refractivity contribution is 7.39. The zero-order valence-electron chi connectivity index (χ0n) is 6.87. The van der Waals surface area contributed by atoms with Crippen molar-refractivity contribution in [2.45, 2.75) is 6.92 Å². The third-order valence-electron chi connectivity index (χ3n) is 1.70. The number of hydrogen-bond donors (Lipinski definition) is 0. The zero-order valence-corrected chi connectivity index (χ0v) is 8.50. The van der Waals surface area contributed by atoms with Crippen LogP contribution in [0.3, 0.4) is 0 Å². The van der Waals surface area contributed by atoms with E-state index in [0.717, 1.165) is 25.4 Å². The van der Waals surface area contributed by atoms with Gasteiger partial charge in [0.05, 0.1) is 13.8 Å². The summed E-state index contributed by atoms with van der Waals surface area (Å²) in [5.74, 6) is 0.0843. The Hall–Kier alpha value is -1.00. The lowest BCUT2D eigenvalue weighted by Gasteiger charge is -1.82. The van der Waals surface area contributed by atoms with Gasteiger partial charge in [-0.05, 0) is 19.1 Å². The normalized spacial score (nSPS) is 10.5. The van der Waals surface area contributed by atoms with E-state index in [0.29, 0.717) is 0 Å². The van der Waals surface area contributed by atoms with Gasteiger partial charge in [-0.25, -0.2) is 0 Å². The lowest BCUT2D eigenvalue weighted by molar-refractivity contribution is 0.102. The van der Waals surface area contributed by atoms with Crippen LogP contribution < -0.4 is 0 Å². The van der Waals surface area contributed by atoms with Gasteiger partial charge in [0.25, 0.3) is 0 Å². The highest BCUT2D eigenvalue weighted by Crippen LogP contribution is 2.32. The summed E-state index contributed by atoms with van der Waals surface area (Å²) in [7, 11) is 0. The monoisotopic (exact) mass is 210 g/mol. The van der Waals surface area contributed by atoms with Gasteiger partial charge in [-0.3, -0.25) is 9.59 Å². The van der Waals surface area contributed by atoms with Crippen molar-refractivity contribution >= 4 is 44.1 Å². The molecule has 0 amide bonds. The fourth-order valence-corrected chi connectivity index (χ4v) is 3.26. The van der Waals surface area contributed by atoms with E-state index in [1.54, 1.807) is 6.92 Å². The molecule has 66 valence electrons. The summed E-state index contributed by atoms with van der Waals surface area (Å²) in [5.41, 5.74) is 0. The molecule has 0 bridgehead atoms. The maximum atomic E-state index is 11.0. The van der Waals surface area contributed by atoms with Crippen LogP contribution in [0, 0.1) is 0 Å². The Morgan fingerprint density at radius 1 is 1.38 bits per heavy atom. The Labute approximate surface area is 82.8 Å². The van der Waals surface area contributed by atoms with E-state index in [1.807, 2.05) is 12.1 Å². The summed E-state index contributed by atoms with van der Waals surface area (Å²) in [4.78, 5) is 22.9. The van der Waals surface area contributed by atoms with Gasteiger partial charge in [-0.2, -0.15) is 0 Å². The average Bonchev–Trinajstić information content (AvgIpc) is 2.58. The zero-order chi connectivity index (χ0) is 9.42. The number of Topliss-reactive ketones (excluding diaryl/α,β-unsaturated/α-hetero) is 1. The molecule has 0 N–H and O–H groups in total. The van der Waals surface area contributed by atoms with E-state index < -0.39 is 0 Å². The Morgan fingerprint density at radius 2 is 2.15 bits per heavy atom. The van der Waals surface area contributed by atoms with Crippen LogP contribution in [0.1, 0.15) is 26.3 Å². The molecule has 13 heavy (non-hydrogen) atoms. The van der Waals surface area contributed by atoms with Crippen LogP contribution in [0.4, 0.5) is 0 Å². The smallest absolute Gasteiger partial charge is 0.169 e. The second-order valence-corrected chi connectivity index (χ2v) is 5.07. The topological polar surface area (TPSA) is 34.1 Å².